The van der Waals surface area contributed by atoms with Gasteiger partial charge in [-0.2, -0.15) is 0 Å². The molecule has 316 valence electrons. The number of carbonyl (C=O) groups excluding carboxylic acids is 2. The SMILES string of the molecule is CC1=CCCC2(C)C(CCC2(O)CN(CC23CC4CC(CC(C4)C2)C3)C(=O)Oc2ccc3ccccc3c2)c2ccc(cc2C(=O)Cc2c(F)cccc2Cl)CC(O)CC1. The number of aliphatic hydroxyl groups excluding tert-OH is 1. The predicted octanol–water partition coefficient (Wildman–Crippen LogP) is 11.8. The summed E-state index contributed by atoms with van der Waals surface area (Å²) in [5, 5.41) is 26.8. The molecule has 6 nitrogen and oxygen atoms in total. The van der Waals surface area contributed by atoms with Gasteiger partial charge in [-0.25, -0.2) is 9.18 Å². The minimum absolute atomic E-state index is 0.00348. The average molecular weight is 832 g/mol. The number of benzene rings is 4. The van der Waals surface area contributed by atoms with Crippen molar-refractivity contribution in [1.29, 1.82) is 0 Å². The molecule has 4 aromatic rings. The number of nitrogens with zero attached hydrogens (tertiary/aromatic N) is 1. The number of carbonyl (C=O) groups is 2. The molecule has 8 heteroatoms. The van der Waals surface area contributed by atoms with Crippen molar-refractivity contribution in [3.8, 4) is 5.75 Å². The lowest BCUT2D eigenvalue weighted by atomic mass is 9.49. The molecule has 11 rings (SSSR count). The number of hydrogen-bond acceptors (Lipinski definition) is 5. The number of halogens is 2. The third-order valence-corrected chi connectivity index (χ3v) is 16.1. The van der Waals surface area contributed by atoms with Crippen LogP contribution in [0.2, 0.25) is 5.02 Å². The Kier molecular flexibility index (Phi) is 11.3. The summed E-state index contributed by atoms with van der Waals surface area (Å²) in [7, 11) is 0. The van der Waals surface area contributed by atoms with Crippen molar-refractivity contribution in [1.82, 2.24) is 4.90 Å². The summed E-state index contributed by atoms with van der Waals surface area (Å²) in [4.78, 5) is 31.1. The van der Waals surface area contributed by atoms with Gasteiger partial charge in [-0.3, -0.25) is 4.79 Å². The van der Waals surface area contributed by atoms with Crippen molar-refractivity contribution >= 4 is 34.2 Å². The maximum atomic E-state index is 15.1. The van der Waals surface area contributed by atoms with Crippen molar-refractivity contribution in [3.05, 3.63) is 124 Å². The number of allylic oxidation sites excluding steroid dienone is 2. The first-order valence-corrected chi connectivity index (χ1v) is 22.8. The summed E-state index contributed by atoms with van der Waals surface area (Å²) >= 11 is 6.46. The third kappa shape index (κ3) is 8.07. The lowest BCUT2D eigenvalue weighted by Crippen LogP contribution is -2.58. The molecule has 0 aliphatic heterocycles. The highest BCUT2D eigenvalue weighted by atomic mass is 35.5. The van der Waals surface area contributed by atoms with Gasteiger partial charge >= 0.3 is 6.09 Å². The van der Waals surface area contributed by atoms with Crippen LogP contribution < -0.4 is 4.74 Å². The van der Waals surface area contributed by atoms with Crippen LogP contribution in [0.3, 0.4) is 0 Å². The number of hydrogen-bond donors (Lipinski definition) is 2. The van der Waals surface area contributed by atoms with E-state index in [9.17, 15) is 19.8 Å². The number of aliphatic hydroxyl groups is 2. The van der Waals surface area contributed by atoms with Crippen LogP contribution in [0.25, 0.3) is 10.8 Å². The van der Waals surface area contributed by atoms with E-state index >= 15 is 4.39 Å². The quantitative estimate of drug-likeness (QED) is 0.136. The minimum atomic E-state index is -1.31. The standard InChI is InChI=1S/C52H59ClFNO5/c1-33-7-6-19-50(2)45(42-17-13-34(24-40(56)15-12-33)25-43(42)48(57)27-44-46(53)10-5-11-47(44)54)18-20-52(50,59)32-55(31-51-28-35-21-36(29-51)23-37(22-35)30-51)49(58)60-41-16-14-38-8-3-4-9-39(38)26-41/h3-5,7-11,13-14,16-17,25-26,35-37,40,45,56,59H,6,12,15,18-24,27-32H2,1-2H3. The van der Waals surface area contributed by atoms with E-state index in [1.54, 1.807) is 6.07 Å². The second kappa shape index (κ2) is 16.3. The molecule has 4 aromatic carbocycles. The van der Waals surface area contributed by atoms with Crippen molar-refractivity contribution < 1.29 is 28.9 Å². The summed E-state index contributed by atoms with van der Waals surface area (Å²) in [6, 6.07) is 24.1. The van der Waals surface area contributed by atoms with E-state index in [-0.39, 0.29) is 40.7 Å². The maximum Gasteiger partial charge on any atom is 0.415 e. The van der Waals surface area contributed by atoms with Crippen LogP contribution >= 0.6 is 11.6 Å². The number of ether oxygens (including phenoxy) is 1. The Balaban J connectivity index is 1.09. The summed E-state index contributed by atoms with van der Waals surface area (Å²) in [5.74, 6) is 1.55. The van der Waals surface area contributed by atoms with Crippen LogP contribution in [-0.2, 0) is 12.8 Å². The molecule has 0 saturated heterocycles. The van der Waals surface area contributed by atoms with Crippen molar-refractivity contribution in [2.75, 3.05) is 13.1 Å². The first-order valence-electron chi connectivity index (χ1n) is 22.4. The second-order valence-electron chi connectivity index (χ2n) is 19.9. The first-order chi connectivity index (χ1) is 28.8. The highest BCUT2D eigenvalue weighted by molar-refractivity contribution is 6.31. The molecule has 7 aliphatic rings. The molecule has 6 bridgehead atoms. The van der Waals surface area contributed by atoms with E-state index in [4.69, 9.17) is 16.3 Å². The van der Waals surface area contributed by atoms with Crippen LogP contribution in [0.5, 0.6) is 5.75 Å². The predicted molar refractivity (Wildman–Crippen MR) is 235 cm³/mol. The monoisotopic (exact) mass is 831 g/mol. The van der Waals surface area contributed by atoms with E-state index in [1.807, 2.05) is 65.6 Å². The molecule has 5 saturated carbocycles. The normalized spacial score (nSPS) is 31.1. The molecule has 4 unspecified atom stereocenters. The molecular formula is C52H59ClFNO5. The Morgan fingerprint density at radius 2 is 1.62 bits per heavy atom. The fraction of sp³-hybridized carbons (Fsp3) is 0.500. The molecule has 5 fully saturated rings. The molecule has 4 atom stereocenters. The maximum absolute atomic E-state index is 15.1. The van der Waals surface area contributed by atoms with Crippen LogP contribution in [0.1, 0.15) is 124 Å². The van der Waals surface area contributed by atoms with Gasteiger partial charge in [0.05, 0.1) is 18.2 Å². The summed E-state index contributed by atoms with van der Waals surface area (Å²) in [5.41, 5.74) is 1.41. The van der Waals surface area contributed by atoms with E-state index in [2.05, 4.69) is 19.9 Å². The van der Waals surface area contributed by atoms with E-state index in [0.717, 1.165) is 47.6 Å². The Labute approximate surface area is 359 Å². The highest BCUT2D eigenvalue weighted by Crippen LogP contribution is 2.62. The van der Waals surface area contributed by atoms with Gasteiger partial charge < -0.3 is 19.8 Å². The van der Waals surface area contributed by atoms with Crippen LogP contribution in [0.4, 0.5) is 9.18 Å². The van der Waals surface area contributed by atoms with E-state index < -0.39 is 29.0 Å². The van der Waals surface area contributed by atoms with Crippen LogP contribution in [0, 0.1) is 34.4 Å². The van der Waals surface area contributed by atoms with E-state index in [1.165, 1.54) is 37.0 Å². The van der Waals surface area contributed by atoms with Crippen molar-refractivity contribution in [3.63, 3.8) is 0 Å². The van der Waals surface area contributed by atoms with Crippen molar-refractivity contribution in [2.45, 2.75) is 121 Å². The molecule has 2 N–H and O–H groups in total. The fourth-order valence-electron chi connectivity index (χ4n) is 13.0. The Hall–Kier alpha value is -4.04. The molecule has 0 radical (unpaired) electrons. The zero-order valence-electron chi connectivity index (χ0n) is 35.1. The average Bonchev–Trinajstić information content (AvgIpc) is 3.45. The van der Waals surface area contributed by atoms with Gasteiger partial charge in [0.15, 0.2) is 5.78 Å². The van der Waals surface area contributed by atoms with Gasteiger partial charge in [0.2, 0.25) is 0 Å². The van der Waals surface area contributed by atoms with E-state index in [0.29, 0.717) is 74.1 Å². The number of fused-ring (bicyclic) bond motifs is 9. The fourth-order valence-corrected chi connectivity index (χ4v) is 13.2. The topological polar surface area (TPSA) is 87.1 Å². The molecule has 60 heavy (non-hydrogen) atoms. The lowest BCUT2D eigenvalue weighted by Gasteiger charge is -2.58. The van der Waals surface area contributed by atoms with Gasteiger partial charge in [-0.1, -0.05) is 78.7 Å². The zero-order valence-corrected chi connectivity index (χ0v) is 35.9. The van der Waals surface area contributed by atoms with Gasteiger partial charge in [0.1, 0.15) is 11.6 Å². The number of rotatable bonds is 8. The van der Waals surface area contributed by atoms with Gasteiger partial charge in [-0.05, 0) is 172 Å². The molecular weight excluding hydrogens is 773 g/mol. The van der Waals surface area contributed by atoms with Crippen LogP contribution in [0.15, 0.2) is 90.5 Å². The number of amides is 1. The Bertz CT molecular complexity index is 2270. The second-order valence-corrected chi connectivity index (χ2v) is 20.3. The molecule has 0 spiro atoms. The third-order valence-electron chi connectivity index (χ3n) is 15.7. The van der Waals surface area contributed by atoms with Gasteiger partial charge in [-0.15, -0.1) is 0 Å². The molecule has 0 aromatic heterocycles. The minimum Gasteiger partial charge on any atom is -0.410 e. The molecule has 1 amide bonds. The number of ketones is 1. The summed E-state index contributed by atoms with van der Waals surface area (Å²) in [6.45, 7) is 4.93. The Morgan fingerprint density at radius 1 is 0.883 bits per heavy atom. The smallest absolute Gasteiger partial charge is 0.410 e. The largest absolute Gasteiger partial charge is 0.415 e. The van der Waals surface area contributed by atoms with Gasteiger partial charge in [0, 0.05) is 34.5 Å². The first kappa shape index (κ1) is 41.3. The highest BCUT2D eigenvalue weighted by Gasteiger charge is 2.59. The van der Waals surface area contributed by atoms with Gasteiger partial charge in [0.25, 0.3) is 0 Å². The zero-order chi connectivity index (χ0) is 41.8. The Morgan fingerprint density at radius 3 is 2.35 bits per heavy atom. The number of Topliss-reactive ketones (excluding diaryl/α,β-unsaturated/α-hetero) is 1. The molecule has 7 aliphatic carbocycles. The lowest BCUT2D eigenvalue weighted by molar-refractivity contribution is -0.101. The summed E-state index contributed by atoms with van der Waals surface area (Å²) in [6.07, 6.45) is 12.3. The van der Waals surface area contributed by atoms with Crippen LogP contribution in [-0.4, -0.2) is 51.8 Å². The summed E-state index contributed by atoms with van der Waals surface area (Å²) < 4.78 is 21.4. The molecule has 0 heterocycles. The van der Waals surface area contributed by atoms with Crippen molar-refractivity contribution in [2.24, 2.45) is 28.6 Å².